The predicted molar refractivity (Wildman–Crippen MR) is 176 cm³/mol. The van der Waals surface area contributed by atoms with Crippen molar-refractivity contribution in [1.29, 1.82) is 0 Å². The summed E-state index contributed by atoms with van der Waals surface area (Å²) in [6, 6.07) is 11.4. The molecular formula is C33H44N5O10P. The number of nitrogen functional groups attached to an aromatic ring is 1. The molecule has 5 rings (SSSR count). The number of fused-ring (bicyclic) bond motifs is 1. The van der Waals surface area contributed by atoms with E-state index in [-0.39, 0.29) is 50.6 Å². The smallest absolute Gasteiger partial charge is 0.323 e. The van der Waals surface area contributed by atoms with Gasteiger partial charge in [-0.1, -0.05) is 44.2 Å². The first-order valence-electron chi connectivity index (χ1n) is 16.5. The van der Waals surface area contributed by atoms with Crippen LogP contribution in [0.3, 0.4) is 0 Å². The Morgan fingerprint density at radius 1 is 1.08 bits per heavy atom. The SMILES string of the molecule is CCC(=O)O[C@@H]1[C@@H](CO[P@@](=O)(Cc2ccccc2)N[C@@H](C)C(=O)OCC2CCOCC2)OC[C@]1(OC(=O)CC)c1ccc2c(N)ncnn12. The van der Waals surface area contributed by atoms with Gasteiger partial charge in [-0.15, -0.1) is 0 Å². The van der Waals surface area contributed by atoms with Crippen molar-refractivity contribution in [1.82, 2.24) is 19.7 Å². The Bertz CT molecular complexity index is 1650. The zero-order valence-corrected chi connectivity index (χ0v) is 28.8. The van der Waals surface area contributed by atoms with Crippen LogP contribution >= 0.6 is 7.52 Å². The molecule has 1 aromatic carbocycles. The first kappa shape index (κ1) is 36.4. The van der Waals surface area contributed by atoms with E-state index < -0.39 is 49.3 Å². The lowest BCUT2D eigenvalue weighted by molar-refractivity contribution is -0.184. The van der Waals surface area contributed by atoms with Crippen molar-refractivity contribution in [2.75, 3.05) is 38.8 Å². The van der Waals surface area contributed by atoms with Gasteiger partial charge in [-0.3, -0.25) is 18.9 Å². The van der Waals surface area contributed by atoms with Gasteiger partial charge in [0.25, 0.3) is 7.52 Å². The minimum Gasteiger partial charge on any atom is -0.464 e. The molecule has 0 bridgehead atoms. The lowest BCUT2D eigenvalue weighted by atomic mass is 9.92. The lowest BCUT2D eigenvalue weighted by Gasteiger charge is -2.34. The monoisotopic (exact) mass is 701 g/mol. The minimum absolute atomic E-state index is 0.0213. The summed E-state index contributed by atoms with van der Waals surface area (Å²) in [4.78, 5) is 42.8. The first-order chi connectivity index (χ1) is 23.6. The number of anilines is 1. The van der Waals surface area contributed by atoms with E-state index >= 15 is 0 Å². The second kappa shape index (κ2) is 16.2. The maximum absolute atomic E-state index is 14.5. The summed E-state index contributed by atoms with van der Waals surface area (Å²) in [5, 5.41) is 7.20. The number of esters is 3. The molecule has 3 N–H and O–H groups in total. The molecule has 0 amide bonds. The maximum Gasteiger partial charge on any atom is 0.323 e. The molecule has 2 aliphatic heterocycles. The van der Waals surface area contributed by atoms with Gasteiger partial charge in [0.1, 0.15) is 24.0 Å². The predicted octanol–water partition coefficient (Wildman–Crippen LogP) is 3.54. The van der Waals surface area contributed by atoms with Crippen LogP contribution in [0.2, 0.25) is 0 Å². The lowest BCUT2D eigenvalue weighted by Crippen LogP contribution is -2.49. The van der Waals surface area contributed by atoms with Crippen molar-refractivity contribution < 1.29 is 47.2 Å². The third kappa shape index (κ3) is 8.65. The van der Waals surface area contributed by atoms with Crippen molar-refractivity contribution in [3.05, 3.63) is 60.0 Å². The molecule has 2 aliphatic rings. The summed E-state index contributed by atoms with van der Waals surface area (Å²) in [6.45, 7) is 5.71. The fourth-order valence-corrected chi connectivity index (χ4v) is 7.90. The average Bonchev–Trinajstić information content (AvgIpc) is 3.70. The van der Waals surface area contributed by atoms with Crippen LogP contribution in [0.15, 0.2) is 48.8 Å². The molecule has 3 aromatic rings. The van der Waals surface area contributed by atoms with E-state index in [1.54, 1.807) is 57.2 Å². The molecule has 2 fully saturated rings. The van der Waals surface area contributed by atoms with Crippen molar-refractivity contribution in [2.45, 2.75) is 76.5 Å². The Morgan fingerprint density at radius 3 is 2.53 bits per heavy atom. The number of nitrogens with one attached hydrogen (secondary N) is 1. The van der Waals surface area contributed by atoms with Gasteiger partial charge in [0.2, 0.25) is 5.60 Å². The number of aromatic nitrogens is 3. The topological polar surface area (TPSA) is 192 Å². The van der Waals surface area contributed by atoms with Crippen LogP contribution in [-0.4, -0.2) is 83.8 Å². The molecular weight excluding hydrogens is 657 g/mol. The van der Waals surface area contributed by atoms with Crippen molar-refractivity contribution >= 4 is 36.8 Å². The van der Waals surface area contributed by atoms with Crippen LogP contribution in [0.1, 0.15) is 57.7 Å². The van der Waals surface area contributed by atoms with Crippen molar-refractivity contribution in [2.24, 2.45) is 5.92 Å². The minimum atomic E-state index is -3.85. The number of hydrogen-bond acceptors (Lipinski definition) is 13. The van der Waals surface area contributed by atoms with E-state index in [1.807, 2.05) is 6.07 Å². The summed E-state index contributed by atoms with van der Waals surface area (Å²) >= 11 is 0. The highest BCUT2D eigenvalue weighted by Gasteiger charge is 2.58. The molecule has 4 heterocycles. The van der Waals surface area contributed by atoms with Crippen molar-refractivity contribution in [3.8, 4) is 0 Å². The van der Waals surface area contributed by atoms with E-state index in [0.717, 1.165) is 12.8 Å². The van der Waals surface area contributed by atoms with Crippen LogP contribution in [-0.2, 0) is 58.9 Å². The van der Waals surface area contributed by atoms with Crippen LogP contribution in [0.25, 0.3) is 5.52 Å². The van der Waals surface area contributed by atoms with Gasteiger partial charge in [0.05, 0.1) is 31.7 Å². The molecule has 0 saturated carbocycles. The fourth-order valence-electron chi connectivity index (χ4n) is 5.87. The van der Waals surface area contributed by atoms with Crippen LogP contribution < -0.4 is 10.8 Å². The molecule has 15 nitrogen and oxygen atoms in total. The van der Waals surface area contributed by atoms with Gasteiger partial charge < -0.3 is 33.9 Å². The molecule has 0 spiro atoms. The Balaban J connectivity index is 1.41. The molecule has 2 aromatic heterocycles. The largest absolute Gasteiger partial charge is 0.464 e. The van der Waals surface area contributed by atoms with Gasteiger partial charge >= 0.3 is 17.9 Å². The van der Waals surface area contributed by atoms with Gasteiger partial charge in [-0.2, -0.15) is 5.10 Å². The first-order valence-corrected chi connectivity index (χ1v) is 18.3. The number of nitrogens with zero attached hydrogens (tertiary/aromatic N) is 3. The van der Waals surface area contributed by atoms with Crippen molar-refractivity contribution in [3.63, 3.8) is 0 Å². The quantitative estimate of drug-likeness (QED) is 0.133. The second-order valence-corrected chi connectivity index (χ2v) is 14.3. The Hall–Kier alpha value is -3.88. The molecule has 266 valence electrons. The molecule has 0 radical (unpaired) electrons. The Kier molecular flexibility index (Phi) is 12.0. The number of benzene rings is 1. The number of carbonyl (C=O) groups excluding carboxylic acids is 3. The average molecular weight is 702 g/mol. The molecule has 0 unspecified atom stereocenters. The number of carbonyl (C=O) groups is 3. The zero-order valence-electron chi connectivity index (χ0n) is 27.9. The zero-order chi connectivity index (χ0) is 35.0. The summed E-state index contributed by atoms with van der Waals surface area (Å²) in [5.41, 5.74) is 5.90. The molecule has 16 heteroatoms. The highest BCUT2D eigenvalue weighted by Crippen LogP contribution is 2.49. The number of nitrogens with two attached hydrogens (primary N) is 1. The number of ether oxygens (including phenoxy) is 5. The van der Waals surface area contributed by atoms with E-state index in [2.05, 4.69) is 15.2 Å². The summed E-state index contributed by atoms with van der Waals surface area (Å²) in [6.07, 6.45) is 0.542. The summed E-state index contributed by atoms with van der Waals surface area (Å²) in [5.74, 6) is -1.35. The Labute approximate surface area is 284 Å². The fraction of sp³-hybridized carbons (Fsp3) is 0.545. The van der Waals surface area contributed by atoms with Gasteiger partial charge in [0.15, 0.2) is 11.9 Å². The van der Waals surface area contributed by atoms with Crippen LogP contribution in [0.4, 0.5) is 5.82 Å². The third-order valence-electron chi connectivity index (χ3n) is 8.58. The second-order valence-electron chi connectivity index (χ2n) is 12.1. The number of rotatable bonds is 15. The van der Waals surface area contributed by atoms with E-state index in [0.29, 0.717) is 30.0 Å². The van der Waals surface area contributed by atoms with E-state index in [9.17, 15) is 18.9 Å². The summed E-state index contributed by atoms with van der Waals surface area (Å²) in [7, 11) is -3.85. The third-order valence-corrected chi connectivity index (χ3v) is 10.7. The molecule has 2 saturated heterocycles. The number of hydrogen-bond donors (Lipinski definition) is 2. The standard InChI is InChI=1S/C33H44N5O10P/c1-4-28(39)47-30-26(45-20-33(30,48-29(40)5-2)27-12-11-25-31(34)35-21-36-38(25)27)18-46-49(42,19-24-9-7-6-8-10-24)37-22(3)32(41)44-17-23-13-15-43-16-14-23/h6-12,21-23,26,30H,4-5,13-20H2,1-3H3,(H,37,42)(H2,34,35,36)/t22-,26+,30+,33-,49-/m0/s1. The highest BCUT2D eigenvalue weighted by atomic mass is 31.2. The molecule has 49 heavy (non-hydrogen) atoms. The van der Waals surface area contributed by atoms with Gasteiger partial charge in [-0.25, -0.2) is 14.6 Å². The highest BCUT2D eigenvalue weighted by molar-refractivity contribution is 7.56. The Morgan fingerprint density at radius 2 is 1.82 bits per heavy atom. The van der Waals surface area contributed by atoms with E-state index in [1.165, 1.54) is 10.8 Å². The maximum atomic E-state index is 14.5. The van der Waals surface area contributed by atoms with Crippen LogP contribution in [0.5, 0.6) is 0 Å². The van der Waals surface area contributed by atoms with Gasteiger partial charge in [-0.05, 0) is 43.4 Å². The molecule has 5 atom stereocenters. The molecule has 0 aliphatic carbocycles. The van der Waals surface area contributed by atoms with E-state index in [4.69, 9.17) is 33.9 Å². The summed E-state index contributed by atoms with van der Waals surface area (Å²) < 4.78 is 51.2. The normalized spacial score (nSPS) is 23.1. The van der Waals surface area contributed by atoms with Gasteiger partial charge in [0, 0.05) is 26.1 Å². The van der Waals surface area contributed by atoms with Crippen LogP contribution in [0, 0.1) is 5.92 Å².